The van der Waals surface area contributed by atoms with Crippen molar-refractivity contribution in [2.75, 3.05) is 12.4 Å². The summed E-state index contributed by atoms with van der Waals surface area (Å²) in [7, 11) is 1.53. The molecule has 4 aromatic rings. The number of nitriles is 1. The lowest BCUT2D eigenvalue weighted by Crippen LogP contribution is -2.05. The van der Waals surface area contributed by atoms with Crippen LogP contribution in [0.1, 0.15) is 11.1 Å². The molecule has 0 unspecified atom stereocenters. The highest BCUT2D eigenvalue weighted by molar-refractivity contribution is 5.92. The highest BCUT2D eigenvalue weighted by atomic mass is 19.1. The summed E-state index contributed by atoms with van der Waals surface area (Å²) >= 11 is 0. The Bertz CT molecular complexity index is 1450. The average Bonchev–Trinajstić information content (AvgIpc) is 3.23. The minimum Gasteiger partial charge on any atom is -0.491 e. The lowest BCUT2D eigenvalue weighted by Gasteiger charge is -2.08. The second-order valence-electron chi connectivity index (χ2n) is 7.04. The van der Waals surface area contributed by atoms with E-state index in [0.717, 1.165) is 10.9 Å². The van der Waals surface area contributed by atoms with Crippen molar-refractivity contribution in [3.8, 4) is 23.3 Å². The Morgan fingerprint density at radius 2 is 2.15 bits per heavy atom. The summed E-state index contributed by atoms with van der Waals surface area (Å²) < 4.78 is 21.6. The maximum Gasteiger partial charge on any atom is 0.183 e. The molecule has 0 aliphatic heterocycles. The van der Waals surface area contributed by atoms with Gasteiger partial charge < -0.3 is 10.1 Å². The van der Waals surface area contributed by atoms with Gasteiger partial charge in [0.25, 0.3) is 0 Å². The standard InChI is InChI=1S/C25H20FN7O/c1-3-28-11-6-12-29-24-22(34-2)15-30-25(31-24)23-19-7-4-5-8-21(19)33(32-23)16-18-10-9-17(14-27)13-20(18)26/h3-13,15H,1,16H2,2H3,(H,29,30,31)/b12-6+,28-11-. The van der Waals surface area contributed by atoms with Gasteiger partial charge in [-0.2, -0.15) is 10.4 Å². The lowest BCUT2D eigenvalue weighted by atomic mass is 10.1. The van der Waals surface area contributed by atoms with Crippen LogP contribution in [0.2, 0.25) is 0 Å². The fourth-order valence-electron chi connectivity index (χ4n) is 3.34. The third-order valence-electron chi connectivity index (χ3n) is 4.94. The molecule has 8 nitrogen and oxygen atoms in total. The molecule has 4 rings (SSSR count). The van der Waals surface area contributed by atoms with Gasteiger partial charge in [0.15, 0.2) is 17.4 Å². The molecular weight excluding hydrogens is 433 g/mol. The molecule has 0 aliphatic rings. The fourth-order valence-corrected chi connectivity index (χ4v) is 3.34. The largest absolute Gasteiger partial charge is 0.491 e. The zero-order chi connectivity index (χ0) is 23.9. The van der Waals surface area contributed by atoms with E-state index in [1.807, 2.05) is 30.3 Å². The Labute approximate surface area is 195 Å². The number of rotatable bonds is 8. The summed E-state index contributed by atoms with van der Waals surface area (Å²) in [6.07, 6.45) is 7.92. The van der Waals surface area contributed by atoms with E-state index in [2.05, 4.69) is 26.9 Å². The first-order valence-electron chi connectivity index (χ1n) is 10.3. The number of anilines is 1. The normalized spacial score (nSPS) is 11.2. The molecule has 0 saturated heterocycles. The Kier molecular flexibility index (Phi) is 6.70. The van der Waals surface area contributed by atoms with Gasteiger partial charge in [-0.3, -0.25) is 9.67 Å². The maximum atomic E-state index is 14.5. The van der Waals surface area contributed by atoms with Crippen LogP contribution >= 0.6 is 0 Å². The Morgan fingerprint density at radius 3 is 2.91 bits per heavy atom. The van der Waals surface area contributed by atoms with Gasteiger partial charge in [0.05, 0.1) is 37.0 Å². The molecule has 34 heavy (non-hydrogen) atoms. The summed E-state index contributed by atoms with van der Waals surface area (Å²) in [6, 6.07) is 13.9. The van der Waals surface area contributed by atoms with Crippen LogP contribution in [0, 0.1) is 17.1 Å². The summed E-state index contributed by atoms with van der Waals surface area (Å²) in [5, 5.41) is 17.6. The van der Waals surface area contributed by atoms with E-state index in [0.29, 0.717) is 28.6 Å². The van der Waals surface area contributed by atoms with Gasteiger partial charge in [-0.15, -0.1) is 0 Å². The van der Waals surface area contributed by atoms with E-state index in [1.54, 1.807) is 41.5 Å². The number of hydrogen-bond acceptors (Lipinski definition) is 7. The zero-order valence-electron chi connectivity index (χ0n) is 18.3. The molecule has 9 heteroatoms. The van der Waals surface area contributed by atoms with Crippen LogP contribution in [0.25, 0.3) is 22.4 Å². The van der Waals surface area contributed by atoms with Gasteiger partial charge >= 0.3 is 0 Å². The van der Waals surface area contributed by atoms with Crippen molar-refractivity contribution in [3.63, 3.8) is 0 Å². The number of fused-ring (bicyclic) bond motifs is 1. The quantitative estimate of drug-likeness (QED) is 0.388. The highest BCUT2D eigenvalue weighted by Gasteiger charge is 2.17. The number of hydrogen-bond donors (Lipinski definition) is 1. The van der Waals surface area contributed by atoms with Crippen molar-refractivity contribution in [3.05, 3.63) is 90.7 Å². The van der Waals surface area contributed by atoms with Crippen molar-refractivity contribution < 1.29 is 9.13 Å². The van der Waals surface area contributed by atoms with Crippen molar-refractivity contribution in [2.24, 2.45) is 4.99 Å². The molecule has 2 heterocycles. The second-order valence-corrected chi connectivity index (χ2v) is 7.04. The SMILES string of the molecule is C=C/N=C\C=C\Nc1nc(-c2nn(Cc3ccc(C#N)cc3F)c3ccccc23)ncc1OC. The number of ether oxygens (including phenoxy) is 1. The molecule has 0 radical (unpaired) electrons. The van der Waals surface area contributed by atoms with Gasteiger partial charge in [-0.25, -0.2) is 14.4 Å². The third kappa shape index (κ3) is 4.66. The van der Waals surface area contributed by atoms with E-state index in [4.69, 9.17) is 15.1 Å². The van der Waals surface area contributed by atoms with Crippen molar-refractivity contribution in [2.45, 2.75) is 6.54 Å². The number of allylic oxidation sites excluding steroid dienone is 1. The molecule has 168 valence electrons. The van der Waals surface area contributed by atoms with Crippen molar-refractivity contribution >= 4 is 22.9 Å². The number of nitrogens with zero attached hydrogens (tertiary/aromatic N) is 6. The fraction of sp³-hybridized carbons (Fsp3) is 0.0800. The second kappa shape index (κ2) is 10.2. The molecule has 0 saturated carbocycles. The molecule has 0 fully saturated rings. The lowest BCUT2D eigenvalue weighted by molar-refractivity contribution is 0.413. The topological polar surface area (TPSA) is 101 Å². The van der Waals surface area contributed by atoms with E-state index in [1.165, 1.54) is 19.4 Å². The zero-order valence-corrected chi connectivity index (χ0v) is 18.3. The Balaban J connectivity index is 1.73. The number of aliphatic imine (C=N–C) groups is 1. The molecule has 0 atom stereocenters. The van der Waals surface area contributed by atoms with Crippen molar-refractivity contribution in [1.29, 1.82) is 5.26 Å². The van der Waals surface area contributed by atoms with Gasteiger partial charge in [0, 0.05) is 29.6 Å². The number of halogens is 1. The van der Waals surface area contributed by atoms with Gasteiger partial charge in [-0.05, 0) is 24.3 Å². The molecule has 0 spiro atoms. The molecule has 0 aliphatic carbocycles. The predicted molar refractivity (Wildman–Crippen MR) is 129 cm³/mol. The van der Waals surface area contributed by atoms with Crippen LogP contribution < -0.4 is 10.1 Å². The number of benzene rings is 2. The highest BCUT2D eigenvalue weighted by Crippen LogP contribution is 2.29. The van der Waals surface area contributed by atoms with Crippen LogP contribution in [0.4, 0.5) is 10.2 Å². The van der Waals surface area contributed by atoms with E-state index < -0.39 is 5.82 Å². The number of para-hydroxylation sites is 1. The summed E-state index contributed by atoms with van der Waals surface area (Å²) in [6.45, 7) is 3.70. The van der Waals surface area contributed by atoms with Crippen LogP contribution in [0.3, 0.4) is 0 Å². The molecule has 2 aromatic carbocycles. The first-order valence-corrected chi connectivity index (χ1v) is 10.3. The van der Waals surface area contributed by atoms with Crippen LogP contribution in [0.5, 0.6) is 5.75 Å². The summed E-state index contributed by atoms with van der Waals surface area (Å²) in [5.41, 5.74) is 2.04. The molecule has 0 bridgehead atoms. The number of nitrogens with one attached hydrogen (secondary N) is 1. The molecule has 2 aromatic heterocycles. The van der Waals surface area contributed by atoms with E-state index in [-0.39, 0.29) is 12.1 Å². The number of aromatic nitrogens is 4. The summed E-state index contributed by atoms with van der Waals surface area (Å²) in [5.74, 6) is 0.829. The Hall–Kier alpha value is -4.84. The smallest absolute Gasteiger partial charge is 0.183 e. The van der Waals surface area contributed by atoms with Gasteiger partial charge in [0.2, 0.25) is 0 Å². The number of methoxy groups -OCH3 is 1. The van der Waals surface area contributed by atoms with E-state index in [9.17, 15) is 4.39 Å². The van der Waals surface area contributed by atoms with Crippen LogP contribution in [0.15, 0.2) is 78.7 Å². The predicted octanol–water partition coefficient (Wildman–Crippen LogP) is 4.70. The average molecular weight is 453 g/mol. The van der Waals surface area contributed by atoms with Gasteiger partial charge in [-0.1, -0.05) is 30.8 Å². The minimum absolute atomic E-state index is 0.185. The maximum absolute atomic E-state index is 14.5. The summed E-state index contributed by atoms with van der Waals surface area (Å²) in [4.78, 5) is 12.9. The van der Waals surface area contributed by atoms with Crippen molar-refractivity contribution in [1.82, 2.24) is 19.7 Å². The van der Waals surface area contributed by atoms with Crippen LogP contribution in [-0.4, -0.2) is 33.1 Å². The molecular formula is C25H20FN7O. The van der Waals surface area contributed by atoms with Gasteiger partial charge in [0.1, 0.15) is 11.5 Å². The monoisotopic (exact) mass is 453 g/mol. The first kappa shape index (κ1) is 22.4. The minimum atomic E-state index is -0.459. The Morgan fingerprint density at radius 1 is 1.29 bits per heavy atom. The third-order valence-corrected chi connectivity index (χ3v) is 4.94. The molecule has 0 amide bonds. The van der Waals surface area contributed by atoms with E-state index >= 15 is 0 Å². The molecule has 1 N–H and O–H groups in total. The first-order chi connectivity index (χ1) is 16.6. The van der Waals surface area contributed by atoms with Crippen LogP contribution in [-0.2, 0) is 6.54 Å².